The molecule has 0 saturated heterocycles. The molecule has 1 aromatic heterocycles. The molecule has 0 bridgehead atoms. The first kappa shape index (κ1) is 13.6. The van der Waals surface area contributed by atoms with E-state index in [1.807, 2.05) is 60.7 Å². The third-order valence-electron chi connectivity index (χ3n) is 3.77. The van der Waals surface area contributed by atoms with Gasteiger partial charge in [-0.1, -0.05) is 18.2 Å². The van der Waals surface area contributed by atoms with Gasteiger partial charge in [-0.2, -0.15) is 0 Å². The minimum absolute atomic E-state index is 0.577. The lowest BCUT2D eigenvalue weighted by atomic mass is 10.1. The van der Waals surface area contributed by atoms with Gasteiger partial charge in [-0.25, -0.2) is 4.98 Å². The average Bonchev–Trinajstić information content (AvgIpc) is 2.61. The quantitative estimate of drug-likeness (QED) is 0.732. The van der Waals surface area contributed by atoms with Crippen molar-refractivity contribution in [3.63, 3.8) is 0 Å². The highest BCUT2D eigenvalue weighted by molar-refractivity contribution is 5.69. The van der Waals surface area contributed by atoms with Gasteiger partial charge in [0.2, 0.25) is 0 Å². The predicted octanol–water partition coefficient (Wildman–Crippen LogP) is 3.77. The molecule has 1 aliphatic rings. The van der Waals surface area contributed by atoms with Gasteiger partial charge in [-0.05, 0) is 42.5 Å². The number of nitrogen functional groups attached to an aromatic ring is 1. The standard InChI is InChI=1S/C19H16N2O2/c20-15-4-1-3-13(11-15)16-5-2-6-17(21-16)14-7-8-18-19(12-14)23-10-9-22-18/h1-8,11-12H,9-10,20H2. The molecule has 0 amide bonds. The van der Waals surface area contributed by atoms with Crippen LogP contribution in [0.5, 0.6) is 11.5 Å². The molecule has 0 aliphatic carbocycles. The number of hydrogen-bond acceptors (Lipinski definition) is 4. The molecule has 0 radical (unpaired) electrons. The van der Waals surface area contributed by atoms with E-state index >= 15 is 0 Å². The summed E-state index contributed by atoms with van der Waals surface area (Å²) in [6.07, 6.45) is 0. The first-order valence-corrected chi connectivity index (χ1v) is 7.52. The van der Waals surface area contributed by atoms with E-state index < -0.39 is 0 Å². The van der Waals surface area contributed by atoms with Crippen molar-refractivity contribution < 1.29 is 9.47 Å². The van der Waals surface area contributed by atoms with E-state index in [-0.39, 0.29) is 0 Å². The van der Waals surface area contributed by atoms with Gasteiger partial charge in [0, 0.05) is 16.8 Å². The second-order valence-corrected chi connectivity index (χ2v) is 5.39. The summed E-state index contributed by atoms with van der Waals surface area (Å²) < 4.78 is 11.2. The van der Waals surface area contributed by atoms with Crippen molar-refractivity contribution in [2.75, 3.05) is 18.9 Å². The summed E-state index contributed by atoms with van der Waals surface area (Å²) in [7, 11) is 0. The molecule has 0 atom stereocenters. The van der Waals surface area contributed by atoms with Crippen LogP contribution >= 0.6 is 0 Å². The highest BCUT2D eigenvalue weighted by Gasteiger charge is 2.13. The lowest BCUT2D eigenvalue weighted by Crippen LogP contribution is -2.15. The Morgan fingerprint density at radius 1 is 0.739 bits per heavy atom. The van der Waals surface area contributed by atoms with Gasteiger partial charge >= 0.3 is 0 Å². The van der Waals surface area contributed by atoms with E-state index in [4.69, 9.17) is 20.2 Å². The van der Waals surface area contributed by atoms with Crippen LogP contribution in [0.25, 0.3) is 22.5 Å². The molecule has 1 aliphatic heterocycles. The number of ether oxygens (including phenoxy) is 2. The zero-order chi connectivity index (χ0) is 15.6. The van der Waals surface area contributed by atoms with Gasteiger partial charge in [0.1, 0.15) is 13.2 Å². The summed E-state index contributed by atoms with van der Waals surface area (Å²) >= 11 is 0. The summed E-state index contributed by atoms with van der Waals surface area (Å²) in [4.78, 5) is 4.75. The molecule has 4 nitrogen and oxygen atoms in total. The maximum Gasteiger partial charge on any atom is 0.162 e. The second-order valence-electron chi connectivity index (χ2n) is 5.39. The smallest absolute Gasteiger partial charge is 0.162 e. The Kier molecular flexibility index (Phi) is 3.35. The summed E-state index contributed by atoms with van der Waals surface area (Å²) in [5.41, 5.74) is 10.4. The number of anilines is 1. The maximum atomic E-state index is 5.86. The van der Waals surface area contributed by atoms with Crippen molar-refractivity contribution in [3.05, 3.63) is 60.7 Å². The Labute approximate surface area is 134 Å². The largest absolute Gasteiger partial charge is 0.486 e. The Hall–Kier alpha value is -3.01. The van der Waals surface area contributed by atoms with Crippen molar-refractivity contribution >= 4 is 5.69 Å². The second kappa shape index (κ2) is 5.65. The maximum absolute atomic E-state index is 5.86. The van der Waals surface area contributed by atoms with Crippen molar-refractivity contribution in [2.24, 2.45) is 0 Å². The molecular weight excluding hydrogens is 288 g/mol. The number of fused-ring (bicyclic) bond motifs is 1. The third kappa shape index (κ3) is 2.71. The number of benzene rings is 2. The summed E-state index contributed by atoms with van der Waals surface area (Å²) in [5.74, 6) is 1.55. The number of aromatic nitrogens is 1. The fraction of sp³-hybridized carbons (Fsp3) is 0.105. The summed E-state index contributed by atoms with van der Waals surface area (Å²) in [6.45, 7) is 1.17. The van der Waals surface area contributed by atoms with Gasteiger partial charge in [-0.15, -0.1) is 0 Å². The molecule has 0 spiro atoms. The third-order valence-corrected chi connectivity index (χ3v) is 3.77. The Morgan fingerprint density at radius 2 is 1.43 bits per heavy atom. The lowest BCUT2D eigenvalue weighted by Gasteiger charge is -2.18. The van der Waals surface area contributed by atoms with Crippen LogP contribution in [0, 0.1) is 0 Å². The number of nitrogens with zero attached hydrogens (tertiary/aromatic N) is 1. The van der Waals surface area contributed by atoms with E-state index in [0.717, 1.165) is 39.7 Å². The lowest BCUT2D eigenvalue weighted by molar-refractivity contribution is 0.171. The van der Waals surface area contributed by atoms with Crippen LogP contribution in [0.1, 0.15) is 0 Å². The average molecular weight is 304 g/mol. The van der Waals surface area contributed by atoms with Crippen molar-refractivity contribution in [3.8, 4) is 34.0 Å². The summed E-state index contributed by atoms with van der Waals surface area (Å²) in [5, 5.41) is 0. The molecule has 2 aromatic carbocycles. The van der Waals surface area contributed by atoms with Crippen LogP contribution < -0.4 is 15.2 Å². The molecule has 0 unspecified atom stereocenters. The molecule has 23 heavy (non-hydrogen) atoms. The fourth-order valence-electron chi connectivity index (χ4n) is 2.66. The molecule has 4 heteroatoms. The number of hydrogen-bond donors (Lipinski definition) is 1. The Morgan fingerprint density at radius 3 is 2.22 bits per heavy atom. The molecule has 0 fully saturated rings. The number of nitrogens with two attached hydrogens (primary N) is 1. The Bertz CT molecular complexity index is 861. The van der Waals surface area contributed by atoms with E-state index in [2.05, 4.69) is 0 Å². The van der Waals surface area contributed by atoms with E-state index in [0.29, 0.717) is 13.2 Å². The van der Waals surface area contributed by atoms with E-state index in [9.17, 15) is 0 Å². The molecule has 2 N–H and O–H groups in total. The van der Waals surface area contributed by atoms with Crippen molar-refractivity contribution in [1.29, 1.82) is 0 Å². The van der Waals surface area contributed by atoms with E-state index in [1.54, 1.807) is 0 Å². The SMILES string of the molecule is Nc1cccc(-c2cccc(-c3ccc4c(c3)OCCO4)n2)c1. The first-order chi connectivity index (χ1) is 11.3. The molecule has 3 aromatic rings. The van der Waals surface area contributed by atoms with Gasteiger partial charge in [0.05, 0.1) is 11.4 Å². The predicted molar refractivity (Wildman–Crippen MR) is 90.5 cm³/mol. The van der Waals surface area contributed by atoms with Gasteiger partial charge < -0.3 is 15.2 Å². The molecule has 0 saturated carbocycles. The highest BCUT2D eigenvalue weighted by atomic mass is 16.6. The first-order valence-electron chi connectivity index (χ1n) is 7.52. The van der Waals surface area contributed by atoms with Gasteiger partial charge in [0.25, 0.3) is 0 Å². The summed E-state index contributed by atoms with van der Waals surface area (Å²) in [6, 6.07) is 19.6. The number of rotatable bonds is 2. The van der Waals surface area contributed by atoms with Crippen LogP contribution in [-0.4, -0.2) is 18.2 Å². The zero-order valence-electron chi connectivity index (χ0n) is 12.5. The van der Waals surface area contributed by atoms with Gasteiger partial charge in [0.15, 0.2) is 11.5 Å². The highest BCUT2D eigenvalue weighted by Crippen LogP contribution is 2.34. The molecule has 114 valence electrons. The number of pyridine rings is 1. The van der Waals surface area contributed by atoms with Crippen LogP contribution in [-0.2, 0) is 0 Å². The van der Waals surface area contributed by atoms with Crippen LogP contribution in [0.2, 0.25) is 0 Å². The molecule has 4 rings (SSSR count). The zero-order valence-corrected chi connectivity index (χ0v) is 12.5. The monoisotopic (exact) mass is 304 g/mol. The van der Waals surface area contributed by atoms with E-state index in [1.165, 1.54) is 0 Å². The Balaban J connectivity index is 1.74. The fourth-order valence-corrected chi connectivity index (χ4v) is 2.66. The van der Waals surface area contributed by atoms with Crippen LogP contribution in [0.4, 0.5) is 5.69 Å². The minimum atomic E-state index is 0.577. The van der Waals surface area contributed by atoms with Crippen molar-refractivity contribution in [1.82, 2.24) is 4.98 Å². The van der Waals surface area contributed by atoms with Gasteiger partial charge in [-0.3, -0.25) is 0 Å². The van der Waals surface area contributed by atoms with Crippen molar-refractivity contribution in [2.45, 2.75) is 0 Å². The minimum Gasteiger partial charge on any atom is -0.486 e. The topological polar surface area (TPSA) is 57.4 Å². The molecular formula is C19H16N2O2. The molecule has 2 heterocycles. The van der Waals surface area contributed by atoms with Crippen LogP contribution in [0.15, 0.2) is 60.7 Å². The normalized spacial score (nSPS) is 12.9. The van der Waals surface area contributed by atoms with Crippen LogP contribution in [0.3, 0.4) is 0 Å².